The van der Waals surface area contributed by atoms with Gasteiger partial charge < -0.3 is 15.0 Å². The zero-order chi connectivity index (χ0) is 12.8. The van der Waals surface area contributed by atoms with E-state index < -0.39 is 0 Å². The number of anilines is 1. The third-order valence-corrected chi connectivity index (χ3v) is 3.51. The van der Waals surface area contributed by atoms with Gasteiger partial charge >= 0.3 is 0 Å². The number of ether oxygens (including phenoxy) is 1. The summed E-state index contributed by atoms with van der Waals surface area (Å²) < 4.78 is 5.72. The first-order valence-corrected chi connectivity index (χ1v) is 6.93. The Hall–Kier alpha value is -1.06. The van der Waals surface area contributed by atoms with Gasteiger partial charge in [-0.05, 0) is 44.5 Å². The first-order chi connectivity index (χ1) is 8.83. The Morgan fingerprint density at radius 3 is 2.67 bits per heavy atom. The molecule has 0 amide bonds. The summed E-state index contributed by atoms with van der Waals surface area (Å²) in [7, 11) is 1.98. The number of hydrogen-bond acceptors (Lipinski definition) is 3. The smallest absolute Gasteiger partial charge is 0.0750 e. The van der Waals surface area contributed by atoms with Gasteiger partial charge in [0.1, 0.15) is 0 Å². The highest BCUT2D eigenvalue weighted by Crippen LogP contribution is 2.19. The van der Waals surface area contributed by atoms with Gasteiger partial charge in [-0.15, -0.1) is 0 Å². The van der Waals surface area contributed by atoms with E-state index in [0.29, 0.717) is 6.10 Å². The summed E-state index contributed by atoms with van der Waals surface area (Å²) in [6.07, 6.45) is 2.83. The summed E-state index contributed by atoms with van der Waals surface area (Å²) in [5.41, 5.74) is 2.63. The number of nitrogens with one attached hydrogen (secondary N) is 1. The van der Waals surface area contributed by atoms with Gasteiger partial charge in [0.15, 0.2) is 0 Å². The summed E-state index contributed by atoms with van der Waals surface area (Å²) in [6.45, 7) is 6.12. The highest BCUT2D eigenvalue weighted by atomic mass is 16.5. The molecule has 18 heavy (non-hydrogen) atoms. The molecule has 2 rings (SSSR count). The third-order valence-electron chi connectivity index (χ3n) is 3.51. The van der Waals surface area contributed by atoms with Crippen LogP contribution in [-0.2, 0) is 11.3 Å². The van der Waals surface area contributed by atoms with E-state index in [1.165, 1.54) is 24.1 Å². The molecule has 0 spiro atoms. The van der Waals surface area contributed by atoms with E-state index in [4.69, 9.17) is 4.74 Å². The summed E-state index contributed by atoms with van der Waals surface area (Å²) in [4.78, 5) is 2.40. The summed E-state index contributed by atoms with van der Waals surface area (Å²) in [6, 6.07) is 8.82. The summed E-state index contributed by atoms with van der Waals surface area (Å²) in [5, 5.41) is 3.17. The van der Waals surface area contributed by atoms with Crippen molar-refractivity contribution in [2.24, 2.45) is 0 Å². The van der Waals surface area contributed by atoms with Crippen LogP contribution in [0.2, 0.25) is 0 Å². The number of benzene rings is 1. The normalized spacial score (nSPS) is 19.1. The van der Waals surface area contributed by atoms with Crippen molar-refractivity contribution in [2.75, 3.05) is 31.6 Å². The molecule has 1 saturated heterocycles. The predicted molar refractivity (Wildman–Crippen MR) is 76.1 cm³/mol. The molecule has 100 valence electrons. The lowest BCUT2D eigenvalue weighted by Crippen LogP contribution is -2.31. The minimum absolute atomic E-state index is 0.418. The topological polar surface area (TPSA) is 24.5 Å². The van der Waals surface area contributed by atoms with Gasteiger partial charge in [-0.2, -0.15) is 0 Å². The predicted octanol–water partition coefficient (Wildman–Crippen LogP) is 2.41. The van der Waals surface area contributed by atoms with Crippen LogP contribution in [-0.4, -0.2) is 32.8 Å². The fraction of sp³-hybridized carbons (Fsp3) is 0.600. The van der Waals surface area contributed by atoms with Crippen LogP contribution in [0.4, 0.5) is 5.69 Å². The van der Waals surface area contributed by atoms with Crippen LogP contribution in [0.5, 0.6) is 0 Å². The molecular formula is C15H24N2O. The zero-order valence-electron chi connectivity index (χ0n) is 11.5. The van der Waals surface area contributed by atoms with Crippen molar-refractivity contribution >= 4 is 5.69 Å². The molecule has 0 radical (unpaired) electrons. The lowest BCUT2D eigenvalue weighted by molar-refractivity contribution is 0.115. The summed E-state index contributed by atoms with van der Waals surface area (Å²) >= 11 is 0. The van der Waals surface area contributed by atoms with Crippen molar-refractivity contribution in [3.8, 4) is 0 Å². The molecule has 0 saturated carbocycles. The van der Waals surface area contributed by atoms with E-state index in [2.05, 4.69) is 41.4 Å². The van der Waals surface area contributed by atoms with Crippen LogP contribution in [0.3, 0.4) is 0 Å². The van der Waals surface area contributed by atoms with Crippen LogP contribution in [0.15, 0.2) is 24.3 Å². The molecule has 1 fully saturated rings. The molecular weight excluding hydrogens is 224 g/mol. The monoisotopic (exact) mass is 248 g/mol. The molecule has 1 aliphatic rings. The van der Waals surface area contributed by atoms with Crippen molar-refractivity contribution in [1.82, 2.24) is 5.32 Å². The average molecular weight is 248 g/mol. The maximum atomic E-state index is 5.72. The quantitative estimate of drug-likeness (QED) is 0.836. The fourth-order valence-electron chi connectivity index (χ4n) is 2.48. The largest absolute Gasteiger partial charge is 0.376 e. The number of nitrogens with zero attached hydrogens (tertiary/aromatic N) is 1. The van der Waals surface area contributed by atoms with Crippen molar-refractivity contribution in [1.29, 1.82) is 0 Å². The lowest BCUT2D eigenvalue weighted by atomic mass is 10.1. The van der Waals surface area contributed by atoms with Gasteiger partial charge in [0, 0.05) is 31.9 Å². The van der Waals surface area contributed by atoms with Crippen LogP contribution < -0.4 is 10.2 Å². The Labute approximate surface area is 110 Å². The molecule has 1 aromatic carbocycles. The minimum atomic E-state index is 0.418. The molecule has 3 nitrogen and oxygen atoms in total. The zero-order valence-corrected chi connectivity index (χ0v) is 11.5. The second kappa shape index (κ2) is 6.76. The van der Waals surface area contributed by atoms with Gasteiger partial charge in [0.05, 0.1) is 6.10 Å². The lowest BCUT2D eigenvalue weighted by Gasteiger charge is -2.26. The maximum absolute atomic E-state index is 5.72. The second-order valence-electron chi connectivity index (χ2n) is 4.87. The van der Waals surface area contributed by atoms with Gasteiger partial charge in [-0.25, -0.2) is 0 Å². The molecule has 0 aromatic heterocycles. The minimum Gasteiger partial charge on any atom is -0.376 e. The first-order valence-electron chi connectivity index (χ1n) is 6.93. The fourth-order valence-corrected chi connectivity index (χ4v) is 2.48. The molecule has 1 N–H and O–H groups in total. The van der Waals surface area contributed by atoms with Crippen molar-refractivity contribution in [2.45, 2.75) is 32.4 Å². The standard InChI is InChI=1S/C15H24N2O/c1-3-17(12-15-5-4-10-18-15)14-8-6-13(7-9-14)11-16-2/h6-9,15-16H,3-5,10-12H2,1-2H3. The van der Waals surface area contributed by atoms with Crippen LogP contribution >= 0.6 is 0 Å². The van der Waals surface area contributed by atoms with Gasteiger partial charge in [-0.1, -0.05) is 12.1 Å². The molecule has 1 aliphatic heterocycles. The number of rotatable bonds is 6. The van der Waals surface area contributed by atoms with Crippen molar-refractivity contribution in [3.05, 3.63) is 29.8 Å². The Bertz CT molecular complexity index is 344. The SMILES string of the molecule is CCN(CC1CCCO1)c1ccc(CNC)cc1. The van der Waals surface area contributed by atoms with Gasteiger partial charge in [-0.3, -0.25) is 0 Å². The van der Waals surface area contributed by atoms with Crippen molar-refractivity contribution < 1.29 is 4.74 Å². The molecule has 1 heterocycles. The summed E-state index contributed by atoms with van der Waals surface area (Å²) in [5.74, 6) is 0. The maximum Gasteiger partial charge on any atom is 0.0750 e. The van der Waals surface area contributed by atoms with E-state index in [1.54, 1.807) is 0 Å². The Morgan fingerprint density at radius 1 is 1.33 bits per heavy atom. The highest BCUT2D eigenvalue weighted by Gasteiger charge is 2.18. The van der Waals surface area contributed by atoms with Crippen molar-refractivity contribution in [3.63, 3.8) is 0 Å². The van der Waals surface area contributed by atoms with E-state index in [0.717, 1.165) is 26.2 Å². The number of likely N-dealkylation sites (N-methyl/N-ethyl adjacent to an activating group) is 1. The Kier molecular flexibility index (Phi) is 5.02. The number of hydrogen-bond donors (Lipinski definition) is 1. The molecule has 0 aliphatic carbocycles. The molecule has 1 atom stereocenters. The molecule has 0 bridgehead atoms. The Morgan fingerprint density at radius 2 is 2.11 bits per heavy atom. The van der Waals surface area contributed by atoms with E-state index in [1.807, 2.05) is 7.05 Å². The van der Waals surface area contributed by atoms with Gasteiger partial charge in [0.2, 0.25) is 0 Å². The molecule has 1 aromatic rings. The Balaban J connectivity index is 1.97. The second-order valence-corrected chi connectivity index (χ2v) is 4.87. The van der Waals surface area contributed by atoms with E-state index in [9.17, 15) is 0 Å². The van der Waals surface area contributed by atoms with E-state index in [-0.39, 0.29) is 0 Å². The molecule has 3 heteroatoms. The highest BCUT2D eigenvalue weighted by molar-refractivity contribution is 5.47. The van der Waals surface area contributed by atoms with Crippen LogP contribution in [0.25, 0.3) is 0 Å². The van der Waals surface area contributed by atoms with Crippen LogP contribution in [0.1, 0.15) is 25.3 Å². The molecule has 1 unspecified atom stereocenters. The average Bonchev–Trinajstić information content (AvgIpc) is 2.90. The first kappa shape index (κ1) is 13.4. The van der Waals surface area contributed by atoms with Gasteiger partial charge in [0.25, 0.3) is 0 Å². The van der Waals surface area contributed by atoms with Crippen LogP contribution in [0, 0.1) is 0 Å². The van der Waals surface area contributed by atoms with E-state index >= 15 is 0 Å². The third kappa shape index (κ3) is 3.47.